The number of benzene rings is 1. The van der Waals surface area contributed by atoms with Crippen LogP contribution in [0.25, 0.3) is 5.57 Å². The van der Waals surface area contributed by atoms with E-state index < -0.39 is 5.97 Å². The van der Waals surface area contributed by atoms with Crippen molar-refractivity contribution < 1.29 is 19.1 Å². The number of furan rings is 1. The van der Waals surface area contributed by atoms with Crippen LogP contribution in [0.2, 0.25) is 0 Å². The van der Waals surface area contributed by atoms with Gasteiger partial charge >= 0.3 is 5.97 Å². The van der Waals surface area contributed by atoms with Gasteiger partial charge in [0.05, 0.1) is 23.5 Å². The number of aromatic carboxylic acids is 1. The van der Waals surface area contributed by atoms with Crippen LogP contribution in [0.15, 0.2) is 53.4 Å². The highest BCUT2D eigenvalue weighted by Crippen LogP contribution is 2.77. The van der Waals surface area contributed by atoms with Gasteiger partial charge in [0.25, 0.3) is 0 Å². The summed E-state index contributed by atoms with van der Waals surface area (Å²) in [4.78, 5) is 25.5. The molecule has 5 aliphatic rings. The van der Waals surface area contributed by atoms with Gasteiger partial charge in [0.2, 0.25) is 5.91 Å². The molecule has 44 heavy (non-hydrogen) atoms. The first-order valence-corrected chi connectivity index (χ1v) is 17.2. The van der Waals surface area contributed by atoms with Crippen molar-refractivity contribution in [2.45, 2.75) is 105 Å². The summed E-state index contributed by atoms with van der Waals surface area (Å²) in [6.45, 7) is 13.3. The van der Waals surface area contributed by atoms with Crippen molar-refractivity contribution in [3.05, 3.63) is 65.6 Å². The van der Waals surface area contributed by atoms with E-state index in [9.17, 15) is 14.7 Å². The largest absolute Gasteiger partial charge is 0.478 e. The van der Waals surface area contributed by atoms with E-state index in [4.69, 9.17) is 4.42 Å². The topological polar surface area (TPSA) is 79.5 Å². The van der Waals surface area contributed by atoms with E-state index in [1.807, 2.05) is 18.2 Å². The second kappa shape index (κ2) is 10.1. The quantitative estimate of drug-likeness (QED) is 0.360. The molecule has 1 amide bonds. The lowest BCUT2D eigenvalue weighted by Gasteiger charge is -2.72. The standard InChI is InChI=1S/C39H51NO4/c1-35(2)28(26-8-10-27(11-9-26)33(41)42)14-18-36(3)31(35)15-19-38(5)32(36)13-12-29-30-7-6-17-39(30,21-20-37(29,38)4)34(43)40-23-25-16-22-44-24-25/h8-11,14,16,22,24,29-32H,6-7,12-13,15,17-21,23H2,1-5H3,(H,40,43)(H,41,42)/t29-,30-,31+,32-,36+,37-,38-,39+/m1/s1. The molecular formula is C39H51NO4. The van der Waals surface area contributed by atoms with Gasteiger partial charge in [0.15, 0.2) is 0 Å². The van der Waals surface area contributed by atoms with Crippen molar-refractivity contribution in [3.8, 4) is 0 Å². The maximum Gasteiger partial charge on any atom is 0.335 e. The average molecular weight is 598 g/mol. The van der Waals surface area contributed by atoms with E-state index in [2.05, 4.69) is 46.0 Å². The van der Waals surface area contributed by atoms with Crippen molar-refractivity contribution >= 4 is 17.4 Å². The molecule has 4 fully saturated rings. The molecule has 0 radical (unpaired) electrons. The molecule has 0 bridgehead atoms. The van der Waals surface area contributed by atoms with Crippen molar-refractivity contribution in [2.75, 3.05) is 0 Å². The van der Waals surface area contributed by atoms with Gasteiger partial charge in [-0.05, 0) is 132 Å². The lowest BCUT2D eigenvalue weighted by atomic mass is 9.32. The monoisotopic (exact) mass is 597 g/mol. The second-order valence-electron chi connectivity index (χ2n) is 16.6. The first kappa shape index (κ1) is 29.9. The molecule has 0 spiro atoms. The van der Waals surface area contributed by atoms with E-state index in [1.54, 1.807) is 24.7 Å². The molecule has 4 saturated carbocycles. The molecule has 236 valence electrons. The number of hydrogen-bond donors (Lipinski definition) is 2. The summed E-state index contributed by atoms with van der Waals surface area (Å²) in [6.07, 6.45) is 17.6. The number of amides is 1. The Hall–Kier alpha value is -2.82. The van der Waals surface area contributed by atoms with Crippen molar-refractivity contribution in [1.29, 1.82) is 0 Å². The van der Waals surface area contributed by atoms with Crippen molar-refractivity contribution in [1.82, 2.24) is 5.32 Å². The molecule has 2 aromatic rings. The predicted molar refractivity (Wildman–Crippen MR) is 173 cm³/mol. The molecular weight excluding hydrogens is 546 g/mol. The third-order valence-electron chi connectivity index (χ3n) is 14.9. The summed E-state index contributed by atoms with van der Waals surface area (Å²) in [5.74, 6) is 1.74. The van der Waals surface area contributed by atoms with Gasteiger partial charge in [0.1, 0.15) is 0 Å². The number of carboxylic acids is 1. The molecule has 5 aliphatic carbocycles. The Morgan fingerprint density at radius 1 is 0.864 bits per heavy atom. The zero-order valence-electron chi connectivity index (χ0n) is 27.4. The van der Waals surface area contributed by atoms with Gasteiger partial charge in [-0.3, -0.25) is 4.79 Å². The third kappa shape index (κ3) is 4.02. The summed E-state index contributed by atoms with van der Waals surface area (Å²) in [5, 5.41) is 12.8. The van der Waals surface area contributed by atoms with E-state index in [0.717, 1.165) is 31.2 Å². The van der Waals surface area contributed by atoms with Crippen LogP contribution < -0.4 is 5.32 Å². The Kier molecular flexibility index (Phi) is 6.85. The zero-order valence-corrected chi connectivity index (χ0v) is 27.4. The van der Waals surface area contributed by atoms with Gasteiger partial charge in [-0.2, -0.15) is 0 Å². The summed E-state index contributed by atoms with van der Waals surface area (Å²) < 4.78 is 5.25. The molecule has 1 heterocycles. The van der Waals surface area contributed by atoms with Crippen LogP contribution in [0, 0.1) is 50.7 Å². The van der Waals surface area contributed by atoms with E-state index in [0.29, 0.717) is 35.8 Å². The molecule has 1 aromatic heterocycles. The number of nitrogens with one attached hydrogen (secondary N) is 1. The van der Waals surface area contributed by atoms with Crippen molar-refractivity contribution in [3.63, 3.8) is 0 Å². The number of carboxylic acid groups (broad SMARTS) is 1. The fourth-order valence-electron chi connectivity index (χ4n) is 12.6. The van der Waals surface area contributed by atoms with Gasteiger partial charge in [-0.1, -0.05) is 59.2 Å². The smallest absolute Gasteiger partial charge is 0.335 e. The van der Waals surface area contributed by atoms with Crippen LogP contribution in [-0.4, -0.2) is 17.0 Å². The highest BCUT2D eigenvalue weighted by molar-refractivity contribution is 5.88. The lowest BCUT2D eigenvalue weighted by Crippen LogP contribution is -2.65. The minimum Gasteiger partial charge on any atom is -0.478 e. The van der Waals surface area contributed by atoms with Crippen LogP contribution >= 0.6 is 0 Å². The molecule has 5 nitrogen and oxygen atoms in total. The van der Waals surface area contributed by atoms with Gasteiger partial charge in [-0.25, -0.2) is 4.79 Å². The molecule has 5 heteroatoms. The molecule has 0 saturated heterocycles. The van der Waals surface area contributed by atoms with Gasteiger partial charge in [0, 0.05) is 12.1 Å². The number of hydrogen-bond acceptors (Lipinski definition) is 3. The van der Waals surface area contributed by atoms with E-state index in [-0.39, 0.29) is 33.0 Å². The minimum atomic E-state index is -0.871. The Morgan fingerprint density at radius 3 is 2.34 bits per heavy atom. The lowest BCUT2D eigenvalue weighted by molar-refractivity contribution is -0.222. The molecule has 1 aromatic carbocycles. The number of allylic oxidation sites excluding steroid dienone is 2. The van der Waals surface area contributed by atoms with Crippen LogP contribution in [0.4, 0.5) is 0 Å². The van der Waals surface area contributed by atoms with Crippen molar-refractivity contribution in [2.24, 2.45) is 50.7 Å². The Balaban J connectivity index is 1.17. The first-order valence-electron chi connectivity index (χ1n) is 17.2. The summed E-state index contributed by atoms with van der Waals surface area (Å²) in [5.41, 5.74) is 4.46. The molecule has 0 unspecified atom stereocenters. The Bertz CT molecular complexity index is 1470. The fraction of sp³-hybridized carbons (Fsp3) is 0.641. The molecule has 2 N–H and O–H groups in total. The van der Waals surface area contributed by atoms with E-state index >= 15 is 0 Å². The summed E-state index contributed by atoms with van der Waals surface area (Å²) in [6, 6.07) is 9.49. The minimum absolute atomic E-state index is 0.0110. The SMILES string of the molecule is CC1(C)C(c2ccc(C(=O)O)cc2)=CC[C@]2(C)[C@H]3CC[C@@H]4[C@H]5CCC[C@]5(C(=O)NCc5ccoc5)CC[C@@]4(C)[C@]3(C)CC[C@@H]12. The maximum absolute atomic E-state index is 14.0. The average Bonchev–Trinajstić information content (AvgIpc) is 3.67. The molecule has 8 atom stereocenters. The highest BCUT2D eigenvalue weighted by atomic mass is 16.4. The number of fused-ring (bicyclic) bond motifs is 7. The number of carbonyl (C=O) groups is 2. The second-order valence-corrected chi connectivity index (χ2v) is 16.6. The zero-order chi connectivity index (χ0) is 31.1. The van der Waals surface area contributed by atoms with Crippen LogP contribution in [0.3, 0.4) is 0 Å². The van der Waals surface area contributed by atoms with Gasteiger partial charge < -0.3 is 14.8 Å². The maximum atomic E-state index is 14.0. The Labute approximate surface area is 263 Å². The normalized spacial score (nSPS) is 40.5. The van der Waals surface area contributed by atoms with Gasteiger partial charge in [-0.15, -0.1) is 0 Å². The Morgan fingerprint density at radius 2 is 1.64 bits per heavy atom. The predicted octanol–water partition coefficient (Wildman–Crippen LogP) is 9.14. The summed E-state index contributed by atoms with van der Waals surface area (Å²) in [7, 11) is 0. The highest BCUT2D eigenvalue weighted by Gasteiger charge is 2.70. The first-order chi connectivity index (χ1) is 20.9. The number of rotatable bonds is 5. The summed E-state index contributed by atoms with van der Waals surface area (Å²) >= 11 is 0. The van der Waals surface area contributed by atoms with Crippen LogP contribution in [0.1, 0.15) is 120 Å². The van der Waals surface area contributed by atoms with Crippen LogP contribution in [-0.2, 0) is 11.3 Å². The molecule has 0 aliphatic heterocycles. The number of carbonyl (C=O) groups excluding carboxylic acids is 1. The molecule has 7 rings (SSSR count). The third-order valence-corrected chi connectivity index (χ3v) is 14.9. The van der Waals surface area contributed by atoms with E-state index in [1.165, 1.54) is 49.7 Å². The van der Waals surface area contributed by atoms with Crippen LogP contribution in [0.5, 0.6) is 0 Å². The fourth-order valence-corrected chi connectivity index (χ4v) is 12.6.